The zero-order valence-electron chi connectivity index (χ0n) is 11.8. The standard InChI is InChI=1S/C15H23N3S/c1-3-18(10-11-8-9-11)12-6-5-7-13(19-4-2)14(12)15(16)17/h5-7,11H,3-4,8-10H2,1-2H3,(H3,16,17). The smallest absolute Gasteiger partial charge is 0.126 e. The summed E-state index contributed by atoms with van der Waals surface area (Å²) < 4.78 is 0. The molecule has 1 aliphatic carbocycles. The summed E-state index contributed by atoms with van der Waals surface area (Å²) in [5, 5.41) is 7.90. The number of nitrogens with two attached hydrogens (primary N) is 1. The molecule has 0 bridgehead atoms. The minimum absolute atomic E-state index is 0.181. The van der Waals surface area contributed by atoms with E-state index in [9.17, 15) is 0 Å². The fourth-order valence-electron chi connectivity index (χ4n) is 2.34. The van der Waals surface area contributed by atoms with Gasteiger partial charge in [0.2, 0.25) is 0 Å². The molecule has 1 fully saturated rings. The number of amidine groups is 1. The second-order valence-corrected chi connectivity index (χ2v) is 6.28. The topological polar surface area (TPSA) is 53.1 Å². The fourth-order valence-corrected chi connectivity index (χ4v) is 3.18. The first kappa shape index (κ1) is 14.3. The van der Waals surface area contributed by atoms with Crippen molar-refractivity contribution in [3.63, 3.8) is 0 Å². The van der Waals surface area contributed by atoms with Crippen LogP contribution in [0.2, 0.25) is 0 Å². The van der Waals surface area contributed by atoms with Crippen molar-refractivity contribution < 1.29 is 0 Å². The quantitative estimate of drug-likeness (QED) is 0.457. The predicted molar refractivity (Wildman–Crippen MR) is 84.5 cm³/mol. The minimum atomic E-state index is 0.181. The summed E-state index contributed by atoms with van der Waals surface area (Å²) in [5.74, 6) is 2.02. The lowest BCUT2D eigenvalue weighted by Gasteiger charge is -2.26. The Bertz CT molecular complexity index is 455. The molecule has 0 aromatic heterocycles. The highest BCUT2D eigenvalue weighted by Crippen LogP contribution is 2.35. The molecular formula is C15H23N3S. The first-order chi connectivity index (χ1) is 9.17. The van der Waals surface area contributed by atoms with Gasteiger partial charge in [-0.25, -0.2) is 0 Å². The van der Waals surface area contributed by atoms with E-state index in [0.29, 0.717) is 0 Å². The average Bonchev–Trinajstić information content (AvgIpc) is 3.19. The molecule has 0 saturated heterocycles. The highest BCUT2D eigenvalue weighted by atomic mass is 32.2. The summed E-state index contributed by atoms with van der Waals surface area (Å²) in [4.78, 5) is 3.50. The van der Waals surface area contributed by atoms with Gasteiger partial charge in [0.1, 0.15) is 5.84 Å². The van der Waals surface area contributed by atoms with Crippen LogP contribution in [0.5, 0.6) is 0 Å². The third-order valence-corrected chi connectivity index (χ3v) is 4.41. The van der Waals surface area contributed by atoms with Gasteiger partial charge in [-0.3, -0.25) is 5.41 Å². The minimum Gasteiger partial charge on any atom is -0.384 e. The number of hydrogen-bond acceptors (Lipinski definition) is 3. The Balaban J connectivity index is 2.35. The molecule has 3 N–H and O–H groups in total. The van der Waals surface area contributed by atoms with Crippen LogP contribution in [0.4, 0.5) is 5.69 Å². The van der Waals surface area contributed by atoms with Gasteiger partial charge in [-0.2, -0.15) is 0 Å². The van der Waals surface area contributed by atoms with Crippen LogP contribution in [0.3, 0.4) is 0 Å². The van der Waals surface area contributed by atoms with Gasteiger partial charge in [0.05, 0.1) is 5.56 Å². The predicted octanol–water partition coefficient (Wildman–Crippen LogP) is 3.32. The molecule has 1 aliphatic rings. The van der Waals surface area contributed by atoms with E-state index < -0.39 is 0 Å². The Labute approximate surface area is 120 Å². The fraction of sp³-hybridized carbons (Fsp3) is 0.533. The Morgan fingerprint density at radius 1 is 1.42 bits per heavy atom. The second kappa shape index (κ2) is 6.33. The number of nitrogens with one attached hydrogen (secondary N) is 1. The summed E-state index contributed by atoms with van der Waals surface area (Å²) in [6, 6.07) is 6.25. The summed E-state index contributed by atoms with van der Waals surface area (Å²) in [6.07, 6.45) is 2.69. The monoisotopic (exact) mass is 277 g/mol. The first-order valence-corrected chi connectivity index (χ1v) is 8.01. The van der Waals surface area contributed by atoms with Crippen LogP contribution < -0.4 is 10.6 Å². The van der Waals surface area contributed by atoms with E-state index in [0.717, 1.165) is 40.9 Å². The highest BCUT2D eigenvalue weighted by Gasteiger charge is 2.25. The second-order valence-electron chi connectivity index (χ2n) is 4.98. The van der Waals surface area contributed by atoms with Crippen molar-refractivity contribution in [2.24, 2.45) is 11.7 Å². The van der Waals surface area contributed by atoms with Gasteiger partial charge in [0.25, 0.3) is 0 Å². The zero-order chi connectivity index (χ0) is 13.8. The lowest BCUT2D eigenvalue weighted by atomic mass is 10.1. The summed E-state index contributed by atoms with van der Waals surface area (Å²) in [5.41, 5.74) is 7.87. The Kier molecular flexibility index (Phi) is 4.75. The normalized spacial score (nSPS) is 14.4. The van der Waals surface area contributed by atoms with Crippen LogP contribution in [0, 0.1) is 11.3 Å². The zero-order valence-corrected chi connectivity index (χ0v) is 12.6. The van der Waals surface area contributed by atoms with Crippen LogP contribution in [-0.2, 0) is 0 Å². The van der Waals surface area contributed by atoms with Gasteiger partial charge in [-0.15, -0.1) is 11.8 Å². The molecule has 0 atom stereocenters. The Hall–Kier alpha value is -1.16. The van der Waals surface area contributed by atoms with Crippen LogP contribution >= 0.6 is 11.8 Å². The molecular weight excluding hydrogens is 254 g/mol. The van der Waals surface area contributed by atoms with E-state index >= 15 is 0 Å². The Morgan fingerprint density at radius 2 is 2.16 bits per heavy atom. The van der Waals surface area contributed by atoms with Crippen LogP contribution in [0.1, 0.15) is 32.3 Å². The van der Waals surface area contributed by atoms with Gasteiger partial charge < -0.3 is 10.6 Å². The van der Waals surface area contributed by atoms with Gasteiger partial charge in [-0.1, -0.05) is 13.0 Å². The maximum Gasteiger partial charge on any atom is 0.126 e. The van der Waals surface area contributed by atoms with Crippen LogP contribution in [0.15, 0.2) is 23.1 Å². The molecule has 0 spiro atoms. The van der Waals surface area contributed by atoms with Gasteiger partial charge in [0.15, 0.2) is 0 Å². The molecule has 1 aromatic carbocycles. The van der Waals surface area contributed by atoms with Gasteiger partial charge >= 0.3 is 0 Å². The first-order valence-electron chi connectivity index (χ1n) is 7.02. The molecule has 1 aromatic rings. The van der Waals surface area contributed by atoms with Crippen molar-refractivity contribution in [1.29, 1.82) is 5.41 Å². The summed E-state index contributed by atoms with van der Waals surface area (Å²) in [6.45, 7) is 6.36. The van der Waals surface area contributed by atoms with Crippen molar-refractivity contribution in [3.8, 4) is 0 Å². The van der Waals surface area contributed by atoms with E-state index in [1.165, 1.54) is 12.8 Å². The molecule has 104 valence electrons. The van der Waals surface area contributed by atoms with Crippen LogP contribution in [0.25, 0.3) is 0 Å². The van der Waals surface area contributed by atoms with Gasteiger partial charge in [-0.05, 0) is 43.6 Å². The molecule has 1 saturated carbocycles. The highest BCUT2D eigenvalue weighted by molar-refractivity contribution is 7.99. The number of thioether (sulfide) groups is 1. The summed E-state index contributed by atoms with van der Waals surface area (Å²) in [7, 11) is 0. The molecule has 0 heterocycles. The van der Waals surface area contributed by atoms with Crippen molar-refractivity contribution in [1.82, 2.24) is 0 Å². The maximum atomic E-state index is 7.90. The number of nitrogens with zero attached hydrogens (tertiary/aromatic N) is 1. The molecule has 4 heteroatoms. The molecule has 3 nitrogen and oxygen atoms in total. The largest absolute Gasteiger partial charge is 0.384 e. The van der Waals surface area contributed by atoms with Crippen molar-refractivity contribution in [2.75, 3.05) is 23.7 Å². The Morgan fingerprint density at radius 3 is 2.68 bits per heavy atom. The molecule has 0 unspecified atom stereocenters. The molecule has 0 aliphatic heterocycles. The molecule has 2 rings (SSSR count). The van der Waals surface area contributed by atoms with Crippen molar-refractivity contribution in [2.45, 2.75) is 31.6 Å². The lowest BCUT2D eigenvalue weighted by Crippen LogP contribution is -2.28. The lowest BCUT2D eigenvalue weighted by molar-refractivity contribution is 0.740. The van der Waals surface area contributed by atoms with E-state index in [4.69, 9.17) is 11.1 Å². The third-order valence-electron chi connectivity index (χ3n) is 3.47. The van der Waals surface area contributed by atoms with Crippen LogP contribution in [-0.4, -0.2) is 24.7 Å². The van der Waals surface area contributed by atoms with E-state index in [1.54, 1.807) is 11.8 Å². The van der Waals surface area contributed by atoms with Crippen molar-refractivity contribution >= 4 is 23.3 Å². The number of nitrogen functional groups attached to an aromatic ring is 1. The molecule has 0 amide bonds. The molecule has 0 radical (unpaired) electrons. The van der Waals surface area contributed by atoms with Gasteiger partial charge in [0, 0.05) is 23.7 Å². The number of anilines is 1. The average molecular weight is 277 g/mol. The number of rotatable bonds is 7. The van der Waals surface area contributed by atoms with E-state index in [2.05, 4.69) is 36.9 Å². The number of benzene rings is 1. The third kappa shape index (κ3) is 3.44. The van der Waals surface area contributed by atoms with E-state index in [-0.39, 0.29) is 5.84 Å². The SMILES string of the molecule is CCSc1cccc(N(CC)CC2CC2)c1C(=N)N. The summed E-state index contributed by atoms with van der Waals surface area (Å²) >= 11 is 1.76. The molecule has 19 heavy (non-hydrogen) atoms. The number of hydrogen-bond donors (Lipinski definition) is 2. The maximum absolute atomic E-state index is 7.90. The van der Waals surface area contributed by atoms with Crippen molar-refractivity contribution in [3.05, 3.63) is 23.8 Å². The van der Waals surface area contributed by atoms with E-state index in [1.807, 2.05) is 0 Å².